The van der Waals surface area contributed by atoms with E-state index in [2.05, 4.69) is 10.2 Å². The largest absolute Gasteiger partial charge is 0.335 e. The van der Waals surface area contributed by atoms with Crippen LogP contribution in [0.5, 0.6) is 0 Å². The summed E-state index contributed by atoms with van der Waals surface area (Å²) in [5, 5.41) is 7.97. The molecule has 0 saturated heterocycles. The Kier molecular flexibility index (Phi) is 2.91. The minimum absolute atomic E-state index is 0.0602. The minimum atomic E-state index is -0.324. The van der Waals surface area contributed by atoms with Crippen LogP contribution in [0.15, 0.2) is 35.1 Å². The van der Waals surface area contributed by atoms with Gasteiger partial charge in [-0.1, -0.05) is 44.2 Å². The number of rotatable bonds is 2. The normalized spacial score (nSPS) is 10.8. The molecular formula is C12H14N4O. The Balaban J connectivity index is 2.60. The first-order valence-corrected chi connectivity index (χ1v) is 5.41. The SMILES string of the molecule is CC(C)c1nnc(-c2ccccc2)c(=O)n1N. The van der Waals surface area contributed by atoms with Crippen LogP contribution in [0, 0.1) is 0 Å². The van der Waals surface area contributed by atoms with Crippen molar-refractivity contribution in [3.8, 4) is 11.3 Å². The van der Waals surface area contributed by atoms with Crippen LogP contribution in [0.4, 0.5) is 0 Å². The smallest absolute Gasteiger partial charge is 0.298 e. The van der Waals surface area contributed by atoms with Crippen molar-refractivity contribution >= 4 is 0 Å². The number of aromatic nitrogens is 3. The molecule has 17 heavy (non-hydrogen) atoms. The van der Waals surface area contributed by atoms with Crippen molar-refractivity contribution in [2.45, 2.75) is 19.8 Å². The predicted molar refractivity (Wildman–Crippen MR) is 66.0 cm³/mol. The van der Waals surface area contributed by atoms with E-state index in [1.165, 1.54) is 0 Å². The Morgan fingerprint density at radius 1 is 1.18 bits per heavy atom. The molecule has 5 nitrogen and oxygen atoms in total. The molecule has 2 N–H and O–H groups in total. The molecule has 0 saturated carbocycles. The lowest BCUT2D eigenvalue weighted by Gasteiger charge is -2.09. The second-order valence-corrected chi connectivity index (χ2v) is 4.10. The van der Waals surface area contributed by atoms with Gasteiger partial charge in [0.1, 0.15) is 0 Å². The zero-order valence-corrected chi connectivity index (χ0v) is 9.79. The van der Waals surface area contributed by atoms with Gasteiger partial charge in [-0.05, 0) is 0 Å². The summed E-state index contributed by atoms with van der Waals surface area (Å²) < 4.78 is 1.07. The van der Waals surface area contributed by atoms with E-state index in [1.54, 1.807) is 12.1 Å². The summed E-state index contributed by atoms with van der Waals surface area (Å²) >= 11 is 0. The minimum Gasteiger partial charge on any atom is -0.335 e. The molecule has 1 heterocycles. The first-order valence-electron chi connectivity index (χ1n) is 5.41. The monoisotopic (exact) mass is 230 g/mol. The Hall–Kier alpha value is -2.17. The molecule has 0 aliphatic carbocycles. The van der Waals surface area contributed by atoms with Crippen LogP contribution in [0.1, 0.15) is 25.6 Å². The Morgan fingerprint density at radius 3 is 2.41 bits per heavy atom. The van der Waals surface area contributed by atoms with Gasteiger partial charge in [-0.2, -0.15) is 0 Å². The van der Waals surface area contributed by atoms with Gasteiger partial charge in [-0.25, -0.2) is 4.68 Å². The van der Waals surface area contributed by atoms with Crippen LogP contribution in [-0.4, -0.2) is 14.9 Å². The highest BCUT2D eigenvalue weighted by Crippen LogP contribution is 2.12. The molecule has 5 heteroatoms. The average Bonchev–Trinajstić information content (AvgIpc) is 2.33. The first kappa shape index (κ1) is 11.3. The summed E-state index contributed by atoms with van der Waals surface area (Å²) in [4.78, 5) is 12.0. The van der Waals surface area contributed by atoms with Gasteiger partial charge in [0.15, 0.2) is 11.5 Å². The highest BCUT2D eigenvalue weighted by atomic mass is 16.1. The van der Waals surface area contributed by atoms with E-state index in [0.717, 1.165) is 10.2 Å². The second-order valence-electron chi connectivity index (χ2n) is 4.10. The van der Waals surface area contributed by atoms with Crippen molar-refractivity contribution in [2.24, 2.45) is 0 Å². The first-order chi connectivity index (χ1) is 8.11. The van der Waals surface area contributed by atoms with E-state index in [4.69, 9.17) is 5.84 Å². The topological polar surface area (TPSA) is 73.8 Å². The fourth-order valence-electron chi connectivity index (χ4n) is 1.58. The number of hydrogen-bond acceptors (Lipinski definition) is 4. The summed E-state index contributed by atoms with van der Waals surface area (Å²) in [6.45, 7) is 3.82. The van der Waals surface area contributed by atoms with Crippen LogP contribution in [0.25, 0.3) is 11.3 Å². The van der Waals surface area contributed by atoms with Gasteiger partial charge in [0.2, 0.25) is 0 Å². The number of nitrogens with zero attached hydrogens (tertiary/aromatic N) is 3. The maximum atomic E-state index is 12.0. The lowest BCUT2D eigenvalue weighted by atomic mass is 10.1. The lowest BCUT2D eigenvalue weighted by molar-refractivity contribution is 0.661. The van der Waals surface area contributed by atoms with Gasteiger partial charge in [0, 0.05) is 11.5 Å². The zero-order valence-electron chi connectivity index (χ0n) is 9.79. The van der Waals surface area contributed by atoms with Crippen LogP contribution in [0.2, 0.25) is 0 Å². The number of nitrogens with two attached hydrogens (primary N) is 1. The summed E-state index contributed by atoms with van der Waals surface area (Å²) in [6, 6.07) is 9.17. The highest BCUT2D eigenvalue weighted by molar-refractivity contribution is 5.57. The Labute approximate surface area is 98.9 Å². The summed E-state index contributed by atoms with van der Waals surface area (Å²) in [5.74, 6) is 6.26. The van der Waals surface area contributed by atoms with Gasteiger partial charge in [0.05, 0.1) is 0 Å². The van der Waals surface area contributed by atoms with Gasteiger partial charge in [-0.15, -0.1) is 10.2 Å². The van der Waals surface area contributed by atoms with Crippen LogP contribution in [-0.2, 0) is 0 Å². The van der Waals surface area contributed by atoms with E-state index in [0.29, 0.717) is 5.82 Å². The van der Waals surface area contributed by atoms with Crippen molar-refractivity contribution in [3.05, 3.63) is 46.5 Å². The molecule has 2 aromatic rings. The highest BCUT2D eigenvalue weighted by Gasteiger charge is 2.13. The van der Waals surface area contributed by atoms with Crippen LogP contribution >= 0.6 is 0 Å². The quantitative estimate of drug-likeness (QED) is 0.785. The van der Waals surface area contributed by atoms with Gasteiger partial charge in [0.25, 0.3) is 5.56 Å². The molecule has 0 bridgehead atoms. The lowest BCUT2D eigenvalue weighted by Crippen LogP contribution is -2.34. The standard InChI is InChI=1S/C12H14N4O/c1-8(2)11-15-14-10(12(17)16(11)13)9-6-4-3-5-7-9/h3-8H,13H2,1-2H3. The van der Waals surface area contributed by atoms with E-state index in [1.807, 2.05) is 32.0 Å². The van der Waals surface area contributed by atoms with E-state index >= 15 is 0 Å². The molecule has 0 atom stereocenters. The molecule has 0 aliphatic heterocycles. The molecule has 88 valence electrons. The predicted octanol–water partition coefficient (Wildman–Crippen LogP) is 1.14. The van der Waals surface area contributed by atoms with Crippen LogP contribution in [0.3, 0.4) is 0 Å². The average molecular weight is 230 g/mol. The summed E-state index contributed by atoms with van der Waals surface area (Å²) in [6.07, 6.45) is 0. The van der Waals surface area contributed by atoms with Crippen molar-refractivity contribution in [1.82, 2.24) is 14.9 Å². The molecule has 0 aliphatic rings. The van der Waals surface area contributed by atoms with E-state index in [-0.39, 0.29) is 17.2 Å². The van der Waals surface area contributed by atoms with E-state index < -0.39 is 0 Å². The fraction of sp³-hybridized carbons (Fsp3) is 0.250. The third-order valence-corrected chi connectivity index (χ3v) is 2.48. The fourth-order valence-corrected chi connectivity index (χ4v) is 1.58. The molecule has 0 radical (unpaired) electrons. The van der Waals surface area contributed by atoms with Crippen molar-refractivity contribution in [1.29, 1.82) is 0 Å². The van der Waals surface area contributed by atoms with Gasteiger partial charge in [-0.3, -0.25) is 4.79 Å². The molecule has 0 amide bonds. The molecule has 0 unspecified atom stereocenters. The Morgan fingerprint density at radius 2 is 1.82 bits per heavy atom. The number of benzene rings is 1. The molecular weight excluding hydrogens is 216 g/mol. The molecule has 1 aromatic heterocycles. The summed E-state index contributed by atoms with van der Waals surface area (Å²) in [7, 11) is 0. The van der Waals surface area contributed by atoms with Crippen molar-refractivity contribution < 1.29 is 0 Å². The Bertz CT molecular complexity index is 575. The molecule has 0 spiro atoms. The van der Waals surface area contributed by atoms with Gasteiger partial charge < -0.3 is 5.84 Å². The molecule has 2 rings (SSSR count). The van der Waals surface area contributed by atoms with Gasteiger partial charge >= 0.3 is 0 Å². The second kappa shape index (κ2) is 4.37. The molecule has 0 fully saturated rings. The maximum Gasteiger partial charge on any atom is 0.298 e. The zero-order chi connectivity index (χ0) is 12.4. The summed E-state index contributed by atoms with van der Waals surface area (Å²) in [5.41, 5.74) is 0.673. The van der Waals surface area contributed by atoms with Crippen molar-refractivity contribution in [3.63, 3.8) is 0 Å². The number of hydrogen-bond donors (Lipinski definition) is 1. The number of nitrogen functional groups attached to an aromatic ring is 1. The van der Waals surface area contributed by atoms with E-state index in [9.17, 15) is 4.79 Å². The maximum absolute atomic E-state index is 12.0. The van der Waals surface area contributed by atoms with Crippen LogP contribution < -0.4 is 11.4 Å². The third kappa shape index (κ3) is 2.04. The molecule has 1 aromatic carbocycles. The van der Waals surface area contributed by atoms with Crippen molar-refractivity contribution in [2.75, 3.05) is 5.84 Å². The third-order valence-electron chi connectivity index (χ3n) is 2.48.